The summed E-state index contributed by atoms with van der Waals surface area (Å²) >= 11 is 1.69. The molecule has 0 atom stereocenters. The average Bonchev–Trinajstić information content (AvgIpc) is 2.99. The first-order valence-electron chi connectivity index (χ1n) is 6.66. The summed E-state index contributed by atoms with van der Waals surface area (Å²) in [4.78, 5) is 19.7. The van der Waals surface area contributed by atoms with Gasteiger partial charge in [-0.05, 0) is 13.2 Å². The van der Waals surface area contributed by atoms with Gasteiger partial charge in [-0.3, -0.25) is 4.79 Å². The molecule has 2 heterocycles. The third-order valence-electron chi connectivity index (χ3n) is 2.88. The molecule has 2 aromatic rings. The van der Waals surface area contributed by atoms with Crippen molar-refractivity contribution in [1.29, 1.82) is 0 Å². The molecule has 0 aliphatic heterocycles. The van der Waals surface area contributed by atoms with E-state index in [1.54, 1.807) is 11.8 Å². The normalized spacial score (nSPS) is 11.0. The fourth-order valence-electron chi connectivity index (χ4n) is 1.91. The number of rotatable bonds is 7. The summed E-state index contributed by atoms with van der Waals surface area (Å²) in [6.07, 6.45) is 3.37. The summed E-state index contributed by atoms with van der Waals surface area (Å²) in [5.74, 6) is 2.07. The van der Waals surface area contributed by atoms with E-state index < -0.39 is 5.97 Å². The van der Waals surface area contributed by atoms with Crippen LogP contribution in [0.4, 0.5) is 0 Å². The molecular weight excluding hydrogens is 292 g/mol. The van der Waals surface area contributed by atoms with Crippen LogP contribution in [0, 0.1) is 6.92 Å². The van der Waals surface area contributed by atoms with Gasteiger partial charge in [-0.25, -0.2) is 14.6 Å². The minimum atomic E-state index is -0.967. The molecule has 0 aromatic carbocycles. The van der Waals surface area contributed by atoms with E-state index in [1.165, 1.54) is 4.68 Å². The molecule has 0 unspecified atom stereocenters. The smallest absolute Gasteiger partial charge is 0.325 e. The largest absolute Gasteiger partial charge is 0.480 e. The van der Waals surface area contributed by atoms with Crippen molar-refractivity contribution in [3.05, 3.63) is 17.4 Å². The zero-order valence-electron chi connectivity index (χ0n) is 12.3. The summed E-state index contributed by atoms with van der Waals surface area (Å²) in [6, 6.07) is 0. The molecule has 2 rings (SSSR count). The SMILES string of the molecule is CCc1nc(C)c(-c2nc(CCSC)nn2CC(=O)O)o1. The Kier molecular flexibility index (Phi) is 5.00. The van der Waals surface area contributed by atoms with Crippen LogP contribution in [0.3, 0.4) is 0 Å². The summed E-state index contributed by atoms with van der Waals surface area (Å²) in [5, 5.41) is 13.3. The van der Waals surface area contributed by atoms with E-state index in [2.05, 4.69) is 15.1 Å². The minimum absolute atomic E-state index is 0.247. The Labute approximate surface area is 126 Å². The fraction of sp³-hybridized carbons (Fsp3) is 0.538. The van der Waals surface area contributed by atoms with E-state index in [0.717, 1.165) is 5.75 Å². The number of carboxylic acid groups (broad SMARTS) is 1. The maximum absolute atomic E-state index is 11.0. The van der Waals surface area contributed by atoms with Gasteiger partial charge in [0.05, 0.1) is 5.69 Å². The van der Waals surface area contributed by atoms with Crippen LogP contribution in [0.25, 0.3) is 11.6 Å². The maximum atomic E-state index is 11.0. The third-order valence-corrected chi connectivity index (χ3v) is 3.49. The molecule has 0 spiro atoms. The van der Waals surface area contributed by atoms with Gasteiger partial charge in [0.15, 0.2) is 23.3 Å². The Balaban J connectivity index is 2.41. The first-order chi connectivity index (χ1) is 10.0. The van der Waals surface area contributed by atoms with E-state index in [1.807, 2.05) is 20.1 Å². The van der Waals surface area contributed by atoms with Crippen molar-refractivity contribution in [1.82, 2.24) is 19.7 Å². The third kappa shape index (κ3) is 3.63. The van der Waals surface area contributed by atoms with Crippen molar-refractivity contribution in [3.8, 4) is 11.6 Å². The quantitative estimate of drug-likeness (QED) is 0.833. The molecule has 1 N–H and O–H groups in total. The van der Waals surface area contributed by atoms with Crippen molar-refractivity contribution >= 4 is 17.7 Å². The van der Waals surface area contributed by atoms with E-state index in [-0.39, 0.29) is 6.54 Å². The Morgan fingerprint density at radius 3 is 2.76 bits per heavy atom. The Morgan fingerprint density at radius 1 is 1.43 bits per heavy atom. The number of hydrogen-bond donors (Lipinski definition) is 1. The van der Waals surface area contributed by atoms with Crippen LogP contribution in [0.15, 0.2) is 4.42 Å². The zero-order valence-corrected chi connectivity index (χ0v) is 13.1. The second-order valence-corrected chi connectivity index (χ2v) is 5.51. The number of aromatic nitrogens is 4. The zero-order chi connectivity index (χ0) is 15.4. The number of aryl methyl sites for hydroxylation is 3. The van der Waals surface area contributed by atoms with Crippen LogP contribution in [0.5, 0.6) is 0 Å². The van der Waals surface area contributed by atoms with Gasteiger partial charge in [0.1, 0.15) is 6.54 Å². The summed E-state index contributed by atoms with van der Waals surface area (Å²) in [6.45, 7) is 3.52. The van der Waals surface area contributed by atoms with Crippen molar-refractivity contribution in [2.75, 3.05) is 12.0 Å². The molecule has 0 saturated carbocycles. The molecule has 0 bridgehead atoms. The van der Waals surface area contributed by atoms with Gasteiger partial charge >= 0.3 is 5.97 Å². The van der Waals surface area contributed by atoms with E-state index in [9.17, 15) is 4.79 Å². The van der Waals surface area contributed by atoms with Crippen molar-refractivity contribution in [2.24, 2.45) is 0 Å². The standard InChI is InChI=1S/C13H18N4O3S/c1-4-10-14-8(2)12(20-10)13-15-9(5-6-21-3)16-17(13)7-11(18)19/h4-7H2,1-3H3,(H,18,19). The highest BCUT2D eigenvalue weighted by Crippen LogP contribution is 2.23. The highest BCUT2D eigenvalue weighted by molar-refractivity contribution is 7.98. The number of hydrogen-bond acceptors (Lipinski definition) is 6. The van der Waals surface area contributed by atoms with Crippen LogP contribution in [0.2, 0.25) is 0 Å². The highest BCUT2D eigenvalue weighted by atomic mass is 32.2. The van der Waals surface area contributed by atoms with Crippen LogP contribution < -0.4 is 0 Å². The van der Waals surface area contributed by atoms with Gasteiger partial charge < -0.3 is 9.52 Å². The molecule has 2 aromatic heterocycles. The maximum Gasteiger partial charge on any atom is 0.325 e. The minimum Gasteiger partial charge on any atom is -0.480 e. The lowest BCUT2D eigenvalue weighted by molar-refractivity contribution is -0.137. The second kappa shape index (κ2) is 6.75. The topological polar surface area (TPSA) is 94.0 Å². The molecule has 114 valence electrons. The highest BCUT2D eigenvalue weighted by Gasteiger charge is 2.20. The molecule has 0 radical (unpaired) electrons. The summed E-state index contributed by atoms with van der Waals surface area (Å²) < 4.78 is 7.02. The Morgan fingerprint density at radius 2 is 2.19 bits per heavy atom. The molecule has 0 amide bonds. The molecule has 7 nitrogen and oxygen atoms in total. The number of thioether (sulfide) groups is 1. The number of carboxylic acids is 1. The molecule has 21 heavy (non-hydrogen) atoms. The van der Waals surface area contributed by atoms with Crippen LogP contribution in [0.1, 0.15) is 24.3 Å². The Bertz CT molecular complexity index is 635. The van der Waals surface area contributed by atoms with Crippen molar-refractivity contribution < 1.29 is 14.3 Å². The molecule has 0 aliphatic rings. The summed E-state index contributed by atoms with van der Waals surface area (Å²) in [7, 11) is 0. The number of carbonyl (C=O) groups is 1. The number of aliphatic carboxylic acids is 1. The lowest BCUT2D eigenvalue weighted by Gasteiger charge is -2.00. The van der Waals surface area contributed by atoms with Crippen LogP contribution in [-0.2, 0) is 24.2 Å². The average molecular weight is 310 g/mol. The fourth-order valence-corrected chi connectivity index (χ4v) is 2.29. The van der Waals surface area contributed by atoms with Crippen LogP contribution >= 0.6 is 11.8 Å². The number of oxazole rings is 1. The van der Waals surface area contributed by atoms with Gasteiger partial charge in [0.25, 0.3) is 0 Å². The Hall–Kier alpha value is -1.83. The van der Waals surface area contributed by atoms with E-state index in [4.69, 9.17) is 9.52 Å². The van der Waals surface area contributed by atoms with Crippen molar-refractivity contribution in [3.63, 3.8) is 0 Å². The van der Waals surface area contributed by atoms with Crippen molar-refractivity contribution in [2.45, 2.75) is 33.2 Å². The van der Waals surface area contributed by atoms with Crippen LogP contribution in [-0.4, -0.2) is 42.8 Å². The van der Waals surface area contributed by atoms with Gasteiger partial charge in [-0.1, -0.05) is 6.92 Å². The molecule has 0 aliphatic carbocycles. The predicted molar refractivity (Wildman–Crippen MR) is 79.4 cm³/mol. The monoisotopic (exact) mass is 310 g/mol. The molecule has 0 fully saturated rings. The summed E-state index contributed by atoms with van der Waals surface area (Å²) in [5.41, 5.74) is 0.697. The lowest BCUT2D eigenvalue weighted by Crippen LogP contribution is -2.12. The first-order valence-corrected chi connectivity index (χ1v) is 8.05. The number of nitrogens with zero attached hydrogens (tertiary/aromatic N) is 4. The lowest BCUT2D eigenvalue weighted by atomic mass is 10.3. The molecular formula is C13H18N4O3S. The first kappa shape index (κ1) is 15.6. The van der Waals surface area contributed by atoms with Gasteiger partial charge in [0.2, 0.25) is 0 Å². The molecule has 8 heteroatoms. The van der Waals surface area contributed by atoms with Gasteiger partial charge in [-0.15, -0.1) is 0 Å². The molecule has 0 saturated heterocycles. The van der Waals surface area contributed by atoms with Gasteiger partial charge in [-0.2, -0.15) is 16.9 Å². The van der Waals surface area contributed by atoms with E-state index >= 15 is 0 Å². The second-order valence-electron chi connectivity index (χ2n) is 4.52. The van der Waals surface area contributed by atoms with E-state index in [0.29, 0.717) is 41.8 Å². The van der Waals surface area contributed by atoms with Gasteiger partial charge in [0, 0.05) is 18.6 Å². The predicted octanol–water partition coefficient (Wildman–Crippen LogP) is 1.79.